The Bertz CT molecular complexity index is 545. The number of hydrogen-bond donors (Lipinski definition) is 1. The molecule has 0 amide bonds. The Hall–Kier alpha value is -2.01. The van der Waals surface area contributed by atoms with E-state index in [0.29, 0.717) is 0 Å². The zero-order valence-electron chi connectivity index (χ0n) is 13.2. The fourth-order valence-electron chi connectivity index (χ4n) is 1.84. The van der Waals surface area contributed by atoms with Gasteiger partial charge in [-0.05, 0) is 32.4 Å². The molecule has 0 spiro atoms. The predicted molar refractivity (Wildman–Crippen MR) is 85.0 cm³/mol. The second-order valence-electron chi connectivity index (χ2n) is 6.21. The first kappa shape index (κ1) is 15.4. The summed E-state index contributed by atoms with van der Waals surface area (Å²) in [7, 11) is 1.98. The van der Waals surface area contributed by atoms with Crippen LogP contribution in [0.4, 0.5) is 5.95 Å². The van der Waals surface area contributed by atoms with Crippen molar-refractivity contribution in [1.29, 1.82) is 0 Å². The molecule has 0 fully saturated rings. The molecule has 5 heteroatoms. The van der Waals surface area contributed by atoms with Crippen LogP contribution in [0, 0.1) is 0 Å². The summed E-state index contributed by atoms with van der Waals surface area (Å²) in [5, 5.41) is 3.42. The van der Waals surface area contributed by atoms with Gasteiger partial charge in [0.05, 0.1) is 0 Å². The highest BCUT2D eigenvalue weighted by Gasteiger charge is 2.09. The summed E-state index contributed by atoms with van der Waals surface area (Å²) in [6, 6.07) is 3.98. The number of hydrogen-bond acceptors (Lipinski definition) is 5. The minimum absolute atomic E-state index is 0.0930. The molecule has 112 valence electrons. The van der Waals surface area contributed by atoms with Crippen LogP contribution in [-0.2, 0) is 13.1 Å². The SMILES string of the molecule is CN(Cc1cccnc1)c1ncc(CNC(C)(C)C)cn1. The summed E-state index contributed by atoms with van der Waals surface area (Å²) in [5.74, 6) is 0.721. The third-order valence-electron chi connectivity index (χ3n) is 3.00. The first-order chi connectivity index (χ1) is 9.94. The highest BCUT2D eigenvalue weighted by Crippen LogP contribution is 2.10. The van der Waals surface area contributed by atoms with Crippen LogP contribution in [0.3, 0.4) is 0 Å². The van der Waals surface area contributed by atoms with Crippen LogP contribution in [0.25, 0.3) is 0 Å². The lowest BCUT2D eigenvalue weighted by Gasteiger charge is -2.21. The molecule has 5 nitrogen and oxygen atoms in total. The van der Waals surface area contributed by atoms with Crippen molar-refractivity contribution < 1.29 is 0 Å². The maximum atomic E-state index is 4.43. The van der Waals surface area contributed by atoms with Crippen molar-refractivity contribution in [2.45, 2.75) is 39.4 Å². The van der Waals surface area contributed by atoms with E-state index >= 15 is 0 Å². The van der Waals surface area contributed by atoms with Crippen molar-refractivity contribution in [3.8, 4) is 0 Å². The van der Waals surface area contributed by atoms with Crippen molar-refractivity contribution in [3.63, 3.8) is 0 Å². The summed E-state index contributed by atoms with van der Waals surface area (Å²) in [4.78, 5) is 15.0. The van der Waals surface area contributed by atoms with Gasteiger partial charge in [0, 0.05) is 56.0 Å². The first-order valence-corrected chi connectivity index (χ1v) is 7.10. The van der Waals surface area contributed by atoms with Crippen LogP contribution < -0.4 is 10.2 Å². The molecule has 0 radical (unpaired) electrons. The van der Waals surface area contributed by atoms with E-state index < -0.39 is 0 Å². The first-order valence-electron chi connectivity index (χ1n) is 7.10. The molecule has 2 heterocycles. The molecule has 0 aliphatic heterocycles. The average molecular weight is 285 g/mol. The number of pyridine rings is 1. The zero-order chi connectivity index (χ0) is 15.3. The monoisotopic (exact) mass is 285 g/mol. The molecule has 0 atom stereocenters. The van der Waals surface area contributed by atoms with E-state index in [1.54, 1.807) is 6.20 Å². The Morgan fingerprint density at radius 3 is 2.38 bits per heavy atom. The van der Waals surface area contributed by atoms with Crippen molar-refractivity contribution in [1.82, 2.24) is 20.3 Å². The maximum Gasteiger partial charge on any atom is 0.225 e. The molecule has 2 aromatic rings. The predicted octanol–water partition coefficient (Wildman–Crippen LogP) is 2.40. The molecule has 1 N–H and O–H groups in total. The Morgan fingerprint density at radius 2 is 1.81 bits per heavy atom. The van der Waals surface area contributed by atoms with Gasteiger partial charge in [-0.1, -0.05) is 6.07 Å². The van der Waals surface area contributed by atoms with Crippen LogP contribution in [-0.4, -0.2) is 27.5 Å². The molecule has 21 heavy (non-hydrogen) atoms. The van der Waals surface area contributed by atoms with Crippen LogP contribution in [0.1, 0.15) is 31.9 Å². The quantitative estimate of drug-likeness (QED) is 0.914. The normalized spacial score (nSPS) is 11.4. The highest BCUT2D eigenvalue weighted by atomic mass is 15.2. The smallest absolute Gasteiger partial charge is 0.225 e. The second-order valence-corrected chi connectivity index (χ2v) is 6.21. The van der Waals surface area contributed by atoms with Gasteiger partial charge in [-0.3, -0.25) is 4.98 Å². The van der Waals surface area contributed by atoms with Crippen LogP contribution in [0.5, 0.6) is 0 Å². The van der Waals surface area contributed by atoms with Crippen molar-refractivity contribution in [2.75, 3.05) is 11.9 Å². The fraction of sp³-hybridized carbons (Fsp3) is 0.438. The minimum atomic E-state index is 0.0930. The van der Waals surface area contributed by atoms with Gasteiger partial charge in [-0.15, -0.1) is 0 Å². The number of nitrogens with one attached hydrogen (secondary N) is 1. The maximum absolute atomic E-state index is 4.43. The number of anilines is 1. The number of aromatic nitrogens is 3. The molecular weight excluding hydrogens is 262 g/mol. The van der Waals surface area contributed by atoms with Gasteiger partial charge in [0.25, 0.3) is 0 Å². The largest absolute Gasteiger partial charge is 0.340 e. The molecule has 0 aromatic carbocycles. The molecule has 0 unspecified atom stereocenters. The van der Waals surface area contributed by atoms with E-state index in [1.165, 1.54) is 0 Å². The molecule has 2 rings (SSSR count). The van der Waals surface area contributed by atoms with E-state index in [2.05, 4.69) is 41.0 Å². The van der Waals surface area contributed by atoms with E-state index in [1.807, 2.05) is 42.7 Å². The molecular formula is C16H23N5. The van der Waals surface area contributed by atoms with Gasteiger partial charge in [0.2, 0.25) is 5.95 Å². The van der Waals surface area contributed by atoms with Crippen LogP contribution in [0.15, 0.2) is 36.9 Å². The van der Waals surface area contributed by atoms with Crippen molar-refractivity contribution in [2.24, 2.45) is 0 Å². The van der Waals surface area contributed by atoms with E-state index in [4.69, 9.17) is 0 Å². The Kier molecular flexibility index (Phi) is 4.85. The Balaban J connectivity index is 1.95. The summed E-state index contributed by atoms with van der Waals surface area (Å²) in [6.07, 6.45) is 7.39. The topological polar surface area (TPSA) is 53.9 Å². The van der Waals surface area contributed by atoms with Gasteiger partial charge in [0.1, 0.15) is 0 Å². The van der Waals surface area contributed by atoms with E-state index in [-0.39, 0.29) is 5.54 Å². The van der Waals surface area contributed by atoms with Gasteiger partial charge in [0.15, 0.2) is 0 Å². The highest BCUT2D eigenvalue weighted by molar-refractivity contribution is 5.30. The lowest BCUT2D eigenvalue weighted by atomic mass is 10.1. The third-order valence-corrected chi connectivity index (χ3v) is 3.00. The van der Waals surface area contributed by atoms with Crippen molar-refractivity contribution >= 4 is 5.95 Å². The molecule has 0 saturated heterocycles. The summed E-state index contributed by atoms with van der Waals surface area (Å²) in [6.45, 7) is 7.95. The summed E-state index contributed by atoms with van der Waals surface area (Å²) >= 11 is 0. The zero-order valence-corrected chi connectivity index (χ0v) is 13.2. The summed E-state index contributed by atoms with van der Waals surface area (Å²) in [5.41, 5.74) is 2.32. The fourth-order valence-corrected chi connectivity index (χ4v) is 1.84. The van der Waals surface area contributed by atoms with Crippen molar-refractivity contribution in [3.05, 3.63) is 48.0 Å². The van der Waals surface area contributed by atoms with E-state index in [0.717, 1.165) is 30.2 Å². The minimum Gasteiger partial charge on any atom is -0.340 e. The second kappa shape index (κ2) is 6.63. The lowest BCUT2D eigenvalue weighted by Crippen LogP contribution is -2.35. The summed E-state index contributed by atoms with van der Waals surface area (Å²) < 4.78 is 0. The van der Waals surface area contributed by atoms with Crippen LogP contribution in [0.2, 0.25) is 0 Å². The van der Waals surface area contributed by atoms with Gasteiger partial charge in [-0.25, -0.2) is 9.97 Å². The average Bonchev–Trinajstić information content (AvgIpc) is 2.46. The third kappa shape index (κ3) is 5.11. The standard InChI is InChI=1S/C16H23N5/c1-16(2,3)20-11-14-9-18-15(19-10-14)21(4)12-13-6-5-7-17-8-13/h5-10,20H,11-12H2,1-4H3. The molecule has 0 bridgehead atoms. The lowest BCUT2D eigenvalue weighted by molar-refractivity contribution is 0.423. The van der Waals surface area contributed by atoms with Gasteiger partial charge < -0.3 is 10.2 Å². The molecule has 0 aliphatic carbocycles. The molecule has 0 aliphatic rings. The number of rotatable bonds is 5. The van der Waals surface area contributed by atoms with Gasteiger partial charge >= 0.3 is 0 Å². The van der Waals surface area contributed by atoms with E-state index in [9.17, 15) is 0 Å². The molecule has 0 saturated carbocycles. The van der Waals surface area contributed by atoms with Gasteiger partial charge in [-0.2, -0.15) is 0 Å². The van der Waals surface area contributed by atoms with Crippen LogP contribution >= 0.6 is 0 Å². The Morgan fingerprint density at radius 1 is 1.10 bits per heavy atom. The number of nitrogens with zero attached hydrogens (tertiary/aromatic N) is 4. The molecule has 2 aromatic heterocycles. The Labute approximate surface area is 126 Å².